The first-order valence-electron chi connectivity index (χ1n) is 5.46. The first-order chi connectivity index (χ1) is 11.1. The summed E-state index contributed by atoms with van der Waals surface area (Å²) in [5.41, 5.74) is 0. The van der Waals surface area contributed by atoms with Gasteiger partial charge in [-0.1, -0.05) is 0 Å². The van der Waals surface area contributed by atoms with Gasteiger partial charge in [0.2, 0.25) is 0 Å². The fraction of sp³-hybridized carbons (Fsp3) is 0. The molecule has 2 aromatic carbocycles. The van der Waals surface area contributed by atoms with E-state index in [0.29, 0.717) is 27.3 Å². The third-order valence-electron chi connectivity index (χ3n) is 2.55. The summed E-state index contributed by atoms with van der Waals surface area (Å²) in [7, 11) is 0. The SMILES string of the molecule is Clc1c(Cl)c(Cl)c([Te][Te]c2c(Cl)c(Cl)c(Cl)c(Cl)c2Cl)c(Cl)c1Cl. The monoisotopic (exact) mass is 754 g/mol. The molecule has 0 heterocycles. The van der Waals surface area contributed by atoms with E-state index in [1.54, 1.807) is 0 Å². The third kappa shape index (κ3) is 4.56. The minimum absolute atomic E-state index is 0.124. The van der Waals surface area contributed by atoms with E-state index in [4.69, 9.17) is 116 Å². The molecule has 0 unspecified atom stereocenters. The number of rotatable bonds is 3. The van der Waals surface area contributed by atoms with Crippen molar-refractivity contribution in [2.75, 3.05) is 0 Å². The second kappa shape index (κ2) is 9.61. The van der Waals surface area contributed by atoms with Crippen molar-refractivity contribution in [3.63, 3.8) is 0 Å². The molecular formula is C12Cl10Te2. The third-order valence-corrected chi connectivity index (χ3v) is 20.0. The van der Waals surface area contributed by atoms with E-state index >= 15 is 0 Å². The first kappa shape index (κ1) is 23.2. The molecule has 0 aliphatic heterocycles. The molecule has 2 rings (SSSR count). The zero-order chi connectivity index (χ0) is 18.3. The number of benzene rings is 2. The fourth-order valence-corrected chi connectivity index (χ4v) is 21.3. The Hall–Kier alpha value is 2.92. The maximum atomic E-state index is 6.26. The molecule has 0 N–H and O–H groups in total. The zero-order valence-corrected chi connectivity index (χ0v) is 22.8. The van der Waals surface area contributed by atoms with E-state index in [1.807, 2.05) is 0 Å². The molecule has 24 heavy (non-hydrogen) atoms. The molecule has 0 saturated carbocycles. The van der Waals surface area contributed by atoms with Gasteiger partial charge in [-0.2, -0.15) is 0 Å². The summed E-state index contributed by atoms with van der Waals surface area (Å²) < 4.78 is 1.39. The molecule has 0 nitrogen and oxygen atoms in total. The Morgan fingerprint density at radius 3 is 0.667 bits per heavy atom. The zero-order valence-electron chi connectivity index (χ0n) is 10.6. The summed E-state index contributed by atoms with van der Waals surface area (Å²) in [6.45, 7) is 0. The second-order valence-electron chi connectivity index (χ2n) is 3.96. The molecule has 0 aliphatic rings. The Balaban J connectivity index is 2.48. The number of halogens is 10. The van der Waals surface area contributed by atoms with Gasteiger partial charge in [0.25, 0.3) is 0 Å². The van der Waals surface area contributed by atoms with Gasteiger partial charge in [-0.15, -0.1) is 0 Å². The van der Waals surface area contributed by atoms with Crippen LogP contribution < -0.4 is 7.22 Å². The van der Waals surface area contributed by atoms with Crippen LogP contribution in [-0.4, -0.2) is 34.1 Å². The van der Waals surface area contributed by atoms with Gasteiger partial charge >= 0.3 is 208 Å². The molecule has 0 aromatic heterocycles. The predicted octanol–water partition coefficient (Wildman–Crippen LogP) is 7.49. The predicted molar refractivity (Wildman–Crippen MR) is 114 cm³/mol. The van der Waals surface area contributed by atoms with Gasteiger partial charge in [-0.3, -0.25) is 0 Å². The van der Waals surface area contributed by atoms with Crippen molar-refractivity contribution in [2.24, 2.45) is 0 Å². The molecule has 0 saturated heterocycles. The van der Waals surface area contributed by atoms with E-state index in [9.17, 15) is 0 Å². The van der Waals surface area contributed by atoms with E-state index < -0.39 is 34.1 Å². The quantitative estimate of drug-likeness (QED) is 0.173. The molecule has 0 bridgehead atoms. The Labute approximate surface area is 204 Å². The normalized spacial score (nSPS) is 11.2. The standard InChI is InChI=1S/C12Cl10Te2/c13-1-3(15)7(19)11(8(20)4(1)16)23-24-12-9(21)5(17)2(14)6(18)10(12)22. The van der Waals surface area contributed by atoms with E-state index in [2.05, 4.69) is 0 Å². The molecule has 2 aromatic rings. The van der Waals surface area contributed by atoms with Gasteiger partial charge in [0, 0.05) is 0 Å². The molecule has 0 aliphatic carbocycles. The molecule has 12 heteroatoms. The van der Waals surface area contributed by atoms with Crippen LogP contribution in [0, 0.1) is 0 Å². The summed E-state index contributed by atoms with van der Waals surface area (Å²) in [5, 5.41) is 2.11. The van der Waals surface area contributed by atoms with Crippen molar-refractivity contribution in [1.82, 2.24) is 0 Å². The second-order valence-corrected chi connectivity index (χ2v) is 17.4. The van der Waals surface area contributed by atoms with Crippen molar-refractivity contribution in [2.45, 2.75) is 0 Å². The number of hydrogen-bond donors (Lipinski definition) is 0. The van der Waals surface area contributed by atoms with Crippen LogP contribution in [-0.2, 0) is 0 Å². The fourth-order valence-electron chi connectivity index (χ4n) is 1.40. The van der Waals surface area contributed by atoms with Crippen LogP contribution in [0.1, 0.15) is 0 Å². The van der Waals surface area contributed by atoms with Gasteiger partial charge in [0.05, 0.1) is 0 Å². The average molecular weight is 754 g/mol. The van der Waals surface area contributed by atoms with Crippen LogP contribution in [0.3, 0.4) is 0 Å². The van der Waals surface area contributed by atoms with E-state index in [0.717, 1.165) is 0 Å². The van der Waals surface area contributed by atoms with Crippen molar-refractivity contribution >= 4 is 157 Å². The van der Waals surface area contributed by atoms with E-state index in [-0.39, 0.29) is 30.1 Å². The maximum absolute atomic E-state index is 6.26. The van der Waals surface area contributed by atoms with Crippen LogP contribution in [0.15, 0.2) is 0 Å². The summed E-state index contributed by atoms with van der Waals surface area (Å²) in [6.07, 6.45) is 0. The molecule has 130 valence electrons. The molecular weight excluding hydrogens is 754 g/mol. The van der Waals surface area contributed by atoms with E-state index in [1.165, 1.54) is 0 Å². The molecule has 0 amide bonds. The minimum atomic E-state index is -0.911. The summed E-state index contributed by atoms with van der Waals surface area (Å²) >= 11 is 59.6. The van der Waals surface area contributed by atoms with Crippen LogP contribution in [0.2, 0.25) is 50.2 Å². The topological polar surface area (TPSA) is 0 Å². The van der Waals surface area contributed by atoms with Crippen LogP contribution in [0.4, 0.5) is 0 Å². The van der Waals surface area contributed by atoms with Crippen molar-refractivity contribution in [1.29, 1.82) is 0 Å². The van der Waals surface area contributed by atoms with Gasteiger partial charge in [0.15, 0.2) is 0 Å². The van der Waals surface area contributed by atoms with Crippen LogP contribution >= 0.6 is 116 Å². The van der Waals surface area contributed by atoms with Crippen LogP contribution in [0.5, 0.6) is 0 Å². The van der Waals surface area contributed by atoms with Gasteiger partial charge in [-0.25, -0.2) is 0 Å². The average Bonchev–Trinajstić information content (AvgIpc) is 2.57. The molecule has 0 spiro atoms. The van der Waals surface area contributed by atoms with Crippen molar-refractivity contribution < 1.29 is 0 Å². The number of hydrogen-bond acceptors (Lipinski definition) is 0. The summed E-state index contributed by atoms with van der Waals surface area (Å²) in [4.78, 5) is 0. The van der Waals surface area contributed by atoms with Gasteiger partial charge in [-0.05, 0) is 0 Å². The Morgan fingerprint density at radius 2 is 0.458 bits per heavy atom. The van der Waals surface area contributed by atoms with Crippen molar-refractivity contribution in [3.8, 4) is 0 Å². The molecule has 0 radical (unpaired) electrons. The first-order valence-corrected chi connectivity index (χ1v) is 18.9. The molecule has 0 fully saturated rings. The Kier molecular flexibility index (Phi) is 9.29. The summed E-state index contributed by atoms with van der Waals surface area (Å²) in [6, 6.07) is 0. The van der Waals surface area contributed by atoms with Crippen LogP contribution in [0.25, 0.3) is 0 Å². The molecule has 0 atom stereocenters. The Morgan fingerprint density at radius 1 is 0.292 bits per heavy atom. The van der Waals surface area contributed by atoms with Crippen molar-refractivity contribution in [3.05, 3.63) is 50.2 Å². The Bertz CT molecular complexity index is 708. The van der Waals surface area contributed by atoms with Gasteiger partial charge in [0.1, 0.15) is 0 Å². The summed E-state index contributed by atoms with van der Waals surface area (Å²) in [5.74, 6) is 0. The van der Waals surface area contributed by atoms with Gasteiger partial charge < -0.3 is 0 Å².